The van der Waals surface area contributed by atoms with Crippen LogP contribution in [0.1, 0.15) is 13.3 Å². The van der Waals surface area contributed by atoms with Gasteiger partial charge in [0.2, 0.25) is 0 Å². The third-order valence-electron chi connectivity index (χ3n) is 1.28. The van der Waals surface area contributed by atoms with Crippen LogP contribution in [0.15, 0.2) is 24.8 Å². The average molecular weight is 198 g/mol. The Hall–Kier alpha value is -1.58. The number of esters is 2. The monoisotopic (exact) mass is 198 g/mol. The van der Waals surface area contributed by atoms with Gasteiger partial charge in [0.25, 0.3) is 0 Å². The van der Waals surface area contributed by atoms with Crippen LogP contribution in [0.3, 0.4) is 0 Å². The third kappa shape index (κ3) is 7.09. The van der Waals surface area contributed by atoms with E-state index in [-0.39, 0.29) is 19.2 Å². The van der Waals surface area contributed by atoms with Gasteiger partial charge in [0.15, 0.2) is 0 Å². The molecule has 0 rings (SSSR count). The number of hydrogen-bond donors (Lipinski definition) is 0. The molecule has 0 aromatic carbocycles. The van der Waals surface area contributed by atoms with Gasteiger partial charge in [0, 0.05) is 12.5 Å². The van der Waals surface area contributed by atoms with Crippen molar-refractivity contribution in [1.82, 2.24) is 0 Å². The lowest BCUT2D eigenvalue weighted by Gasteiger charge is -1.98. The summed E-state index contributed by atoms with van der Waals surface area (Å²) in [5, 5.41) is 0. The summed E-state index contributed by atoms with van der Waals surface area (Å²) in [6, 6.07) is 0. The van der Waals surface area contributed by atoms with E-state index in [1.54, 1.807) is 19.1 Å². The summed E-state index contributed by atoms with van der Waals surface area (Å²) in [6.07, 6.45) is 4.67. The molecule has 4 nitrogen and oxygen atoms in total. The highest BCUT2D eigenvalue weighted by Crippen LogP contribution is 1.86. The van der Waals surface area contributed by atoms with E-state index >= 15 is 0 Å². The average Bonchev–Trinajstić information content (AvgIpc) is 2.22. The van der Waals surface area contributed by atoms with Crippen LogP contribution in [-0.2, 0) is 19.1 Å². The second-order valence-electron chi connectivity index (χ2n) is 2.34. The Labute approximate surface area is 83.2 Å². The van der Waals surface area contributed by atoms with Crippen LogP contribution in [0.5, 0.6) is 0 Å². The first-order valence-corrected chi connectivity index (χ1v) is 4.30. The summed E-state index contributed by atoms with van der Waals surface area (Å²) in [6.45, 7) is 5.33. The first-order chi connectivity index (χ1) is 6.70. The van der Waals surface area contributed by atoms with Crippen LogP contribution >= 0.6 is 0 Å². The second kappa shape index (κ2) is 8.04. The van der Waals surface area contributed by atoms with Crippen molar-refractivity contribution in [2.24, 2.45) is 0 Å². The zero-order valence-corrected chi connectivity index (χ0v) is 8.19. The van der Waals surface area contributed by atoms with Gasteiger partial charge in [-0.3, -0.25) is 4.79 Å². The normalized spacial score (nSPS) is 9.79. The van der Waals surface area contributed by atoms with Crippen molar-refractivity contribution in [3.8, 4) is 0 Å². The smallest absolute Gasteiger partial charge is 0.330 e. The van der Waals surface area contributed by atoms with E-state index in [1.807, 2.05) is 0 Å². The van der Waals surface area contributed by atoms with Gasteiger partial charge >= 0.3 is 11.9 Å². The molecule has 0 aromatic heterocycles. The zero-order valence-electron chi connectivity index (χ0n) is 8.19. The van der Waals surface area contributed by atoms with Gasteiger partial charge < -0.3 is 9.47 Å². The fraction of sp³-hybridized carbons (Fsp3) is 0.400. The zero-order chi connectivity index (χ0) is 10.8. The molecule has 0 aromatic rings. The number of carbonyl (C=O) groups is 2. The highest BCUT2D eigenvalue weighted by Gasteiger charge is 1.94. The first kappa shape index (κ1) is 12.4. The van der Waals surface area contributed by atoms with E-state index in [2.05, 4.69) is 11.3 Å². The molecule has 0 aliphatic rings. The van der Waals surface area contributed by atoms with Crippen LogP contribution in [0, 0.1) is 0 Å². The maximum absolute atomic E-state index is 10.6. The van der Waals surface area contributed by atoms with Crippen molar-refractivity contribution in [1.29, 1.82) is 0 Å². The molecular formula is C10H14O4. The molecule has 14 heavy (non-hydrogen) atoms. The van der Waals surface area contributed by atoms with Crippen LogP contribution < -0.4 is 0 Å². The van der Waals surface area contributed by atoms with Gasteiger partial charge in [-0.05, 0) is 12.2 Å². The van der Waals surface area contributed by atoms with E-state index in [9.17, 15) is 9.59 Å². The van der Waals surface area contributed by atoms with Crippen molar-refractivity contribution in [2.75, 3.05) is 13.2 Å². The fourth-order valence-corrected chi connectivity index (χ4v) is 0.568. The Kier molecular flexibility index (Phi) is 7.13. The summed E-state index contributed by atoms with van der Waals surface area (Å²) < 4.78 is 9.38. The van der Waals surface area contributed by atoms with Crippen LogP contribution in [0.2, 0.25) is 0 Å². The molecule has 0 radical (unpaired) electrons. The Morgan fingerprint density at radius 2 is 1.79 bits per heavy atom. The van der Waals surface area contributed by atoms with Crippen LogP contribution in [0.25, 0.3) is 0 Å². The van der Waals surface area contributed by atoms with E-state index in [4.69, 9.17) is 4.74 Å². The van der Waals surface area contributed by atoms with Crippen molar-refractivity contribution in [2.45, 2.75) is 13.3 Å². The summed E-state index contributed by atoms with van der Waals surface area (Å²) >= 11 is 0. The van der Waals surface area contributed by atoms with Gasteiger partial charge in [0.1, 0.15) is 13.2 Å². The number of ether oxygens (including phenoxy) is 2. The Balaban J connectivity index is 3.41. The van der Waals surface area contributed by atoms with Crippen molar-refractivity contribution in [3.05, 3.63) is 24.8 Å². The molecule has 0 bridgehead atoms. The van der Waals surface area contributed by atoms with E-state index in [0.29, 0.717) is 6.42 Å². The minimum Gasteiger partial charge on any atom is -0.461 e. The molecule has 0 aliphatic carbocycles. The molecule has 0 fully saturated rings. The summed E-state index contributed by atoms with van der Waals surface area (Å²) in [4.78, 5) is 21.2. The van der Waals surface area contributed by atoms with Crippen molar-refractivity contribution >= 4 is 11.9 Å². The summed E-state index contributed by atoms with van der Waals surface area (Å²) in [7, 11) is 0. The largest absolute Gasteiger partial charge is 0.461 e. The lowest BCUT2D eigenvalue weighted by molar-refractivity contribution is -0.142. The quantitative estimate of drug-likeness (QED) is 0.366. The van der Waals surface area contributed by atoms with E-state index in [1.165, 1.54) is 0 Å². The number of hydrogen-bond acceptors (Lipinski definition) is 4. The lowest BCUT2D eigenvalue weighted by Crippen LogP contribution is -2.02. The van der Waals surface area contributed by atoms with Crippen molar-refractivity contribution < 1.29 is 19.1 Å². The molecule has 0 N–H and O–H groups in total. The molecule has 4 heteroatoms. The lowest BCUT2D eigenvalue weighted by atomic mass is 10.5. The molecule has 0 unspecified atom stereocenters. The standard InChI is InChI=1S/C10H14O4/c1-3-9(11)13-7-5-6-8-14-10(12)4-2/h3,5-6H,1,4,7-8H2,2H3/b6-5-. The molecule has 0 atom stereocenters. The SMILES string of the molecule is C=CC(=O)OC/C=C\COC(=O)CC. The predicted octanol–water partition coefficient (Wildman–Crippen LogP) is 1.22. The molecule has 0 saturated heterocycles. The van der Waals surface area contributed by atoms with E-state index < -0.39 is 5.97 Å². The molecular weight excluding hydrogens is 184 g/mol. The number of carbonyl (C=O) groups excluding carboxylic acids is 2. The minimum absolute atomic E-state index is 0.161. The molecule has 0 saturated carbocycles. The maximum atomic E-state index is 10.6. The Morgan fingerprint density at radius 3 is 2.29 bits per heavy atom. The van der Waals surface area contributed by atoms with Gasteiger partial charge in [-0.25, -0.2) is 4.79 Å². The first-order valence-electron chi connectivity index (χ1n) is 4.30. The van der Waals surface area contributed by atoms with Crippen LogP contribution in [0.4, 0.5) is 0 Å². The maximum Gasteiger partial charge on any atom is 0.330 e. The Morgan fingerprint density at radius 1 is 1.21 bits per heavy atom. The summed E-state index contributed by atoms with van der Waals surface area (Å²) in [5.41, 5.74) is 0. The van der Waals surface area contributed by atoms with Gasteiger partial charge in [0.05, 0.1) is 0 Å². The van der Waals surface area contributed by atoms with Crippen LogP contribution in [-0.4, -0.2) is 25.2 Å². The number of rotatable bonds is 6. The molecule has 0 aliphatic heterocycles. The Bertz CT molecular complexity index is 230. The predicted molar refractivity (Wildman–Crippen MR) is 51.5 cm³/mol. The van der Waals surface area contributed by atoms with Gasteiger partial charge in [-0.15, -0.1) is 0 Å². The second-order valence-corrected chi connectivity index (χ2v) is 2.34. The summed E-state index contributed by atoms with van der Waals surface area (Å²) in [5.74, 6) is -0.724. The molecule has 0 heterocycles. The highest BCUT2D eigenvalue weighted by molar-refractivity contribution is 5.81. The van der Waals surface area contributed by atoms with Gasteiger partial charge in [-0.1, -0.05) is 13.5 Å². The van der Waals surface area contributed by atoms with Crippen molar-refractivity contribution in [3.63, 3.8) is 0 Å². The van der Waals surface area contributed by atoms with Gasteiger partial charge in [-0.2, -0.15) is 0 Å². The van der Waals surface area contributed by atoms with E-state index in [0.717, 1.165) is 6.08 Å². The highest BCUT2D eigenvalue weighted by atomic mass is 16.5. The fourth-order valence-electron chi connectivity index (χ4n) is 0.568. The topological polar surface area (TPSA) is 52.6 Å². The molecule has 78 valence electrons. The minimum atomic E-state index is -0.472. The third-order valence-corrected chi connectivity index (χ3v) is 1.28. The molecule has 0 amide bonds. The molecule has 0 spiro atoms.